The second kappa shape index (κ2) is 8.07. The first-order chi connectivity index (χ1) is 11.4. The first kappa shape index (κ1) is 18.2. The van der Waals surface area contributed by atoms with Gasteiger partial charge in [-0.15, -0.1) is 0 Å². The minimum Gasteiger partial charge on any atom is -0.493 e. The van der Waals surface area contributed by atoms with Crippen molar-refractivity contribution in [2.45, 2.75) is 6.92 Å². The van der Waals surface area contributed by atoms with Gasteiger partial charge in [0.2, 0.25) is 0 Å². The van der Waals surface area contributed by atoms with Crippen LogP contribution in [0.25, 0.3) is 11.3 Å². The zero-order valence-corrected chi connectivity index (χ0v) is 15.0. The van der Waals surface area contributed by atoms with Gasteiger partial charge in [0.05, 0.1) is 12.3 Å². The predicted molar refractivity (Wildman–Crippen MR) is 95.0 cm³/mol. The van der Waals surface area contributed by atoms with E-state index in [9.17, 15) is 13.2 Å². The molecule has 0 bridgehead atoms. The Balaban J connectivity index is 2.08. The number of carbonyl (C=O) groups is 1. The lowest BCUT2D eigenvalue weighted by atomic mass is 10.1. The maximum atomic E-state index is 12.1. The molecule has 0 spiro atoms. The van der Waals surface area contributed by atoms with Crippen LogP contribution in [0.1, 0.15) is 16.6 Å². The van der Waals surface area contributed by atoms with Crippen molar-refractivity contribution in [2.75, 3.05) is 19.4 Å². The number of hydrogen-bond donors (Lipinski definition) is 1. The molecule has 1 N–H and O–H groups in total. The highest BCUT2D eigenvalue weighted by atomic mass is 32.2. The monoisotopic (exact) mass is 366 g/mol. The molecule has 0 saturated heterocycles. The lowest BCUT2D eigenvalue weighted by Crippen LogP contribution is -2.22. The third-order valence-electron chi connectivity index (χ3n) is 2.92. The summed E-state index contributed by atoms with van der Waals surface area (Å²) in [5, 5.41) is 3.68. The molecule has 8 heteroatoms. The van der Waals surface area contributed by atoms with Crippen LogP contribution in [0.3, 0.4) is 0 Å². The van der Waals surface area contributed by atoms with Crippen LogP contribution in [-0.2, 0) is 9.84 Å². The summed E-state index contributed by atoms with van der Waals surface area (Å²) in [6.07, 6.45) is 2.48. The number of nitrogens with zero attached hydrogens (tertiary/aromatic N) is 1. The number of hydrogen-bond acceptors (Lipinski definition) is 6. The third-order valence-corrected chi connectivity index (χ3v) is 4.40. The fraction of sp³-hybridized carbons (Fsp3) is 0.250. The number of ether oxygens (including phenoxy) is 1. The van der Waals surface area contributed by atoms with E-state index in [1.165, 1.54) is 6.08 Å². The molecule has 6 nitrogen and oxygen atoms in total. The van der Waals surface area contributed by atoms with Gasteiger partial charge in [-0.05, 0) is 36.7 Å². The molecule has 0 aliphatic carbocycles. The second-order valence-electron chi connectivity index (χ2n) is 4.92. The van der Waals surface area contributed by atoms with Crippen LogP contribution in [-0.4, -0.2) is 38.1 Å². The summed E-state index contributed by atoms with van der Waals surface area (Å²) < 4.78 is 31.8. The van der Waals surface area contributed by atoms with Gasteiger partial charge in [0.1, 0.15) is 10.6 Å². The normalized spacial score (nSPS) is 11.6. The number of sulfone groups is 1. The molecule has 1 aromatic carbocycles. The zero-order valence-electron chi connectivity index (χ0n) is 13.4. The molecule has 0 atom stereocenters. The largest absolute Gasteiger partial charge is 0.493 e. The van der Waals surface area contributed by atoms with Crippen molar-refractivity contribution < 1.29 is 17.9 Å². The molecule has 1 heterocycles. The molecular weight excluding hydrogens is 348 g/mol. The number of amides is 1. The molecule has 1 aromatic heterocycles. The molecule has 2 aromatic rings. The van der Waals surface area contributed by atoms with Gasteiger partial charge in [0.25, 0.3) is 5.91 Å². The van der Waals surface area contributed by atoms with Crippen molar-refractivity contribution in [1.82, 2.24) is 9.69 Å². The molecule has 24 heavy (non-hydrogen) atoms. The minimum atomic E-state index is -3.18. The molecule has 128 valence electrons. The number of nitrogens with one attached hydrogen (secondary N) is 1. The van der Waals surface area contributed by atoms with Crippen molar-refractivity contribution in [2.24, 2.45) is 0 Å². The van der Waals surface area contributed by atoms with E-state index in [1.54, 1.807) is 6.07 Å². The van der Waals surface area contributed by atoms with Gasteiger partial charge >= 0.3 is 0 Å². The van der Waals surface area contributed by atoms with Crippen molar-refractivity contribution in [3.8, 4) is 17.0 Å². The maximum absolute atomic E-state index is 12.1. The average molecular weight is 366 g/mol. The Bertz CT molecular complexity index is 841. The van der Waals surface area contributed by atoms with Gasteiger partial charge in [0.15, 0.2) is 9.84 Å². The fourth-order valence-corrected chi connectivity index (χ4v) is 3.04. The molecule has 2 rings (SSSR count). The van der Waals surface area contributed by atoms with Crippen molar-refractivity contribution >= 4 is 27.3 Å². The fourth-order valence-electron chi connectivity index (χ4n) is 1.93. The highest BCUT2D eigenvalue weighted by Crippen LogP contribution is 2.30. The topological polar surface area (TPSA) is 85.4 Å². The Hall–Kier alpha value is -2.19. The van der Waals surface area contributed by atoms with E-state index >= 15 is 0 Å². The van der Waals surface area contributed by atoms with Gasteiger partial charge in [0, 0.05) is 23.8 Å². The summed E-state index contributed by atoms with van der Waals surface area (Å²) in [6.45, 7) is 2.58. The summed E-state index contributed by atoms with van der Waals surface area (Å²) >= 11 is 1.08. The van der Waals surface area contributed by atoms with Crippen LogP contribution in [0.15, 0.2) is 41.8 Å². The number of rotatable bonds is 7. The van der Waals surface area contributed by atoms with E-state index in [2.05, 4.69) is 9.69 Å². The van der Waals surface area contributed by atoms with Crippen LogP contribution in [0.2, 0.25) is 0 Å². The van der Waals surface area contributed by atoms with Gasteiger partial charge < -0.3 is 10.1 Å². The van der Waals surface area contributed by atoms with Gasteiger partial charge in [-0.2, -0.15) is 4.37 Å². The number of aromatic nitrogens is 1. The number of benzene rings is 1. The summed E-state index contributed by atoms with van der Waals surface area (Å²) in [6, 6.07) is 9.19. The molecule has 0 aliphatic heterocycles. The Kier molecular flexibility index (Phi) is 6.10. The van der Waals surface area contributed by atoms with Crippen LogP contribution in [0, 0.1) is 0 Å². The Morgan fingerprint density at radius 3 is 2.83 bits per heavy atom. The van der Waals surface area contributed by atoms with E-state index in [-0.39, 0.29) is 12.5 Å². The summed E-state index contributed by atoms with van der Waals surface area (Å²) in [4.78, 5) is 12.5. The Morgan fingerprint density at radius 2 is 2.12 bits per heavy atom. The van der Waals surface area contributed by atoms with Crippen molar-refractivity contribution in [3.63, 3.8) is 0 Å². The highest BCUT2D eigenvalue weighted by Gasteiger charge is 2.13. The van der Waals surface area contributed by atoms with Crippen molar-refractivity contribution in [3.05, 3.63) is 46.7 Å². The quantitative estimate of drug-likeness (QED) is 0.814. The Morgan fingerprint density at radius 1 is 1.38 bits per heavy atom. The van der Waals surface area contributed by atoms with Gasteiger partial charge in [-0.3, -0.25) is 4.79 Å². The Labute approximate surface area is 145 Å². The SMILES string of the molecule is CCOc1ccccc1-c1cc(C(=O)NC/C=C/S(C)(=O)=O)sn1. The molecule has 0 unspecified atom stereocenters. The molecule has 0 fully saturated rings. The lowest BCUT2D eigenvalue weighted by Gasteiger charge is -2.07. The molecule has 1 amide bonds. The van der Waals surface area contributed by atoms with Crippen LogP contribution in [0.5, 0.6) is 5.75 Å². The van der Waals surface area contributed by atoms with E-state index in [4.69, 9.17) is 4.74 Å². The first-order valence-electron chi connectivity index (χ1n) is 7.24. The van der Waals surface area contributed by atoms with E-state index in [1.807, 2.05) is 31.2 Å². The molecule has 0 aliphatic rings. The van der Waals surface area contributed by atoms with Gasteiger partial charge in [-0.1, -0.05) is 18.2 Å². The predicted octanol–water partition coefficient (Wildman–Crippen LogP) is 2.50. The van der Waals surface area contributed by atoms with Crippen LogP contribution < -0.4 is 10.1 Å². The minimum absolute atomic E-state index is 0.134. The lowest BCUT2D eigenvalue weighted by molar-refractivity contribution is 0.0962. The number of para-hydroxylation sites is 1. The molecule has 0 saturated carbocycles. The second-order valence-corrected chi connectivity index (χ2v) is 7.65. The molecular formula is C16H18N2O4S2. The van der Waals surface area contributed by atoms with Crippen LogP contribution >= 0.6 is 11.5 Å². The van der Waals surface area contributed by atoms with Crippen LogP contribution in [0.4, 0.5) is 0 Å². The molecule has 0 radical (unpaired) electrons. The standard InChI is InChI=1S/C16H18N2O4S2/c1-3-22-14-8-5-4-7-12(14)13-11-15(23-18-13)16(19)17-9-6-10-24(2,20)21/h4-8,10-11H,3,9H2,1-2H3,(H,17,19)/b10-6+. The first-order valence-corrected chi connectivity index (χ1v) is 9.97. The van der Waals surface area contributed by atoms with E-state index < -0.39 is 9.84 Å². The summed E-state index contributed by atoms with van der Waals surface area (Å²) in [5.74, 6) is 0.416. The van der Waals surface area contributed by atoms with Crippen molar-refractivity contribution in [1.29, 1.82) is 0 Å². The number of carbonyl (C=O) groups excluding carboxylic acids is 1. The average Bonchev–Trinajstić information content (AvgIpc) is 3.01. The third kappa shape index (κ3) is 5.17. The summed E-state index contributed by atoms with van der Waals surface area (Å²) in [5.41, 5.74) is 1.49. The summed E-state index contributed by atoms with van der Waals surface area (Å²) in [7, 11) is -3.18. The van der Waals surface area contributed by atoms with E-state index in [0.717, 1.165) is 28.8 Å². The smallest absolute Gasteiger partial charge is 0.263 e. The van der Waals surface area contributed by atoms with Gasteiger partial charge in [-0.25, -0.2) is 8.42 Å². The maximum Gasteiger partial charge on any atom is 0.263 e. The van der Waals surface area contributed by atoms with E-state index in [0.29, 0.717) is 22.9 Å². The zero-order chi connectivity index (χ0) is 17.6. The highest BCUT2D eigenvalue weighted by molar-refractivity contribution is 7.93.